The van der Waals surface area contributed by atoms with E-state index in [2.05, 4.69) is 42.0 Å². The predicted octanol–water partition coefficient (Wildman–Crippen LogP) is 1.54. The number of rotatable bonds is 2. The fourth-order valence-corrected chi connectivity index (χ4v) is 2.82. The Morgan fingerprint density at radius 1 is 1.28 bits per heavy atom. The van der Waals surface area contributed by atoms with E-state index in [1.807, 2.05) is 13.0 Å². The second-order valence-electron chi connectivity index (χ2n) is 6.85. The van der Waals surface area contributed by atoms with E-state index in [0.29, 0.717) is 11.4 Å². The van der Waals surface area contributed by atoms with Crippen molar-refractivity contribution in [3.05, 3.63) is 52.3 Å². The first-order valence-corrected chi connectivity index (χ1v) is 8.17. The van der Waals surface area contributed by atoms with E-state index < -0.39 is 5.97 Å². The van der Waals surface area contributed by atoms with Crippen molar-refractivity contribution in [2.24, 2.45) is 0 Å². The van der Waals surface area contributed by atoms with Crippen LogP contribution in [0.25, 0.3) is 0 Å². The zero-order chi connectivity index (χ0) is 18.0. The number of aliphatic carboxylic acids is 1. The minimum absolute atomic E-state index is 0.0596. The molecule has 0 N–H and O–H groups in total. The topological polar surface area (TPSA) is 75.1 Å². The molecule has 0 bridgehead atoms. The summed E-state index contributed by atoms with van der Waals surface area (Å²) in [6.45, 7) is 7.16. The van der Waals surface area contributed by atoms with Gasteiger partial charge >= 0.3 is 0 Å². The molecule has 0 fully saturated rings. The maximum Gasteiger partial charge on any atom is 0.136 e. The summed E-state index contributed by atoms with van der Waals surface area (Å²) in [5, 5.41) is 18.4. The van der Waals surface area contributed by atoms with Crippen LogP contribution >= 0.6 is 0 Å². The molecule has 0 atom stereocenters. The number of nitrogens with zero attached hydrogens (tertiary/aromatic N) is 2. The van der Waals surface area contributed by atoms with Crippen molar-refractivity contribution < 1.29 is 14.6 Å². The summed E-state index contributed by atoms with van der Waals surface area (Å²) < 4.78 is 5.78. The number of carbonyl (C=O) groups is 1. The normalized spacial score (nSPS) is 14.7. The van der Waals surface area contributed by atoms with Crippen molar-refractivity contribution in [1.82, 2.24) is 10.2 Å². The molecule has 0 saturated carbocycles. The summed E-state index contributed by atoms with van der Waals surface area (Å²) in [4.78, 5) is 10.6. The summed E-state index contributed by atoms with van der Waals surface area (Å²) in [6, 6.07) is 7.39. The fourth-order valence-electron chi connectivity index (χ4n) is 2.82. The van der Waals surface area contributed by atoms with Crippen molar-refractivity contribution in [2.45, 2.75) is 39.0 Å². The third-order valence-corrected chi connectivity index (χ3v) is 4.41. The van der Waals surface area contributed by atoms with Crippen molar-refractivity contribution in [3.63, 3.8) is 0 Å². The highest BCUT2D eigenvalue weighted by Crippen LogP contribution is 2.39. The Morgan fingerprint density at radius 3 is 2.76 bits per heavy atom. The molecular formula is C20H19N2O3-. The van der Waals surface area contributed by atoms with Gasteiger partial charge in [0.15, 0.2) is 0 Å². The highest BCUT2D eigenvalue weighted by atomic mass is 16.5. The van der Waals surface area contributed by atoms with Crippen molar-refractivity contribution in [3.8, 4) is 17.6 Å². The second-order valence-corrected chi connectivity index (χ2v) is 6.85. The largest absolute Gasteiger partial charge is 0.550 e. The lowest BCUT2D eigenvalue weighted by atomic mass is 9.78. The first-order chi connectivity index (χ1) is 11.8. The number of carboxylic acids is 1. The number of carbonyl (C=O) groups excluding carboxylic acids is 1. The van der Waals surface area contributed by atoms with Crippen LogP contribution in [0.15, 0.2) is 24.3 Å². The van der Waals surface area contributed by atoms with Crippen LogP contribution in [0.1, 0.15) is 48.3 Å². The van der Waals surface area contributed by atoms with Crippen LogP contribution in [0.2, 0.25) is 0 Å². The molecule has 0 aliphatic carbocycles. The summed E-state index contributed by atoms with van der Waals surface area (Å²) >= 11 is 0. The van der Waals surface area contributed by atoms with Crippen LogP contribution in [-0.2, 0) is 16.6 Å². The number of carboxylic acid groups (broad SMARTS) is 1. The summed E-state index contributed by atoms with van der Waals surface area (Å²) in [5.74, 6) is 5.89. The smallest absolute Gasteiger partial charge is 0.136 e. The second kappa shape index (κ2) is 6.56. The molecule has 1 aliphatic heterocycles. The molecular weight excluding hydrogens is 316 g/mol. The van der Waals surface area contributed by atoms with Crippen molar-refractivity contribution in [2.75, 3.05) is 6.61 Å². The average molecular weight is 335 g/mol. The van der Waals surface area contributed by atoms with Gasteiger partial charge < -0.3 is 14.6 Å². The highest BCUT2D eigenvalue weighted by Gasteiger charge is 2.29. The Hall–Kier alpha value is -2.87. The van der Waals surface area contributed by atoms with E-state index in [-0.39, 0.29) is 11.8 Å². The lowest BCUT2D eigenvalue weighted by Crippen LogP contribution is -2.26. The Kier molecular flexibility index (Phi) is 4.45. The van der Waals surface area contributed by atoms with E-state index in [9.17, 15) is 9.90 Å². The Balaban J connectivity index is 1.89. The lowest BCUT2D eigenvalue weighted by molar-refractivity contribution is -0.304. The zero-order valence-electron chi connectivity index (χ0n) is 14.5. The molecule has 0 saturated heterocycles. The van der Waals surface area contributed by atoms with E-state index in [4.69, 9.17) is 4.74 Å². The molecule has 0 amide bonds. The predicted molar refractivity (Wildman–Crippen MR) is 91.0 cm³/mol. The molecule has 1 aromatic heterocycles. The number of hydrogen-bond donors (Lipinski definition) is 0. The molecule has 2 aromatic rings. The molecule has 1 aliphatic rings. The average Bonchev–Trinajstić information content (AvgIpc) is 2.54. The van der Waals surface area contributed by atoms with Gasteiger partial charge in [0.05, 0.1) is 12.3 Å². The third-order valence-electron chi connectivity index (χ3n) is 4.41. The quantitative estimate of drug-likeness (QED) is 0.778. The first-order valence-electron chi connectivity index (χ1n) is 8.17. The van der Waals surface area contributed by atoms with Crippen LogP contribution in [0.5, 0.6) is 5.75 Å². The fraction of sp³-hybridized carbons (Fsp3) is 0.350. The molecule has 25 heavy (non-hydrogen) atoms. The summed E-state index contributed by atoms with van der Waals surface area (Å²) in [6.07, 6.45) is 0.723. The van der Waals surface area contributed by atoms with Gasteiger partial charge in [0.1, 0.15) is 11.4 Å². The van der Waals surface area contributed by atoms with Gasteiger partial charge in [0.2, 0.25) is 0 Å². The first kappa shape index (κ1) is 17.0. The van der Waals surface area contributed by atoms with Crippen LogP contribution in [-0.4, -0.2) is 22.8 Å². The van der Waals surface area contributed by atoms with Crippen molar-refractivity contribution >= 4 is 5.97 Å². The minimum atomic E-state index is -1.18. The van der Waals surface area contributed by atoms with Gasteiger partial charge in [-0.25, -0.2) is 0 Å². The maximum atomic E-state index is 10.6. The molecule has 1 aromatic carbocycles. The van der Waals surface area contributed by atoms with E-state index in [1.165, 1.54) is 5.56 Å². The Labute approximate surface area is 147 Å². The lowest BCUT2D eigenvalue weighted by Gasteiger charge is -2.32. The standard InChI is InChI=1S/C20H20N2O3/c1-13-10-18-17(20(2,3)8-9-25-18)11-14(13)4-5-15-6-7-16(22-21-15)12-19(23)24/h6-7,10-11H,8-9,12H2,1-3H3,(H,23,24)/p-1. The molecule has 0 unspecified atom stereocenters. The highest BCUT2D eigenvalue weighted by molar-refractivity contribution is 5.67. The number of hydrogen-bond acceptors (Lipinski definition) is 5. The monoisotopic (exact) mass is 335 g/mol. The van der Waals surface area contributed by atoms with Crippen LogP contribution in [0.4, 0.5) is 0 Å². The van der Waals surface area contributed by atoms with Crippen LogP contribution in [0, 0.1) is 18.8 Å². The van der Waals surface area contributed by atoms with Crippen molar-refractivity contribution in [1.29, 1.82) is 0 Å². The number of ether oxygens (including phenoxy) is 1. The van der Waals surface area contributed by atoms with Gasteiger partial charge in [-0.15, -0.1) is 5.10 Å². The van der Waals surface area contributed by atoms with E-state index >= 15 is 0 Å². The van der Waals surface area contributed by atoms with E-state index in [0.717, 1.165) is 29.9 Å². The number of fused-ring (bicyclic) bond motifs is 1. The molecule has 0 spiro atoms. The van der Waals surface area contributed by atoms with Gasteiger partial charge in [-0.1, -0.05) is 19.8 Å². The zero-order valence-corrected chi connectivity index (χ0v) is 14.5. The minimum Gasteiger partial charge on any atom is -0.550 e. The van der Waals surface area contributed by atoms with E-state index in [1.54, 1.807) is 12.1 Å². The number of aromatic nitrogens is 2. The molecule has 128 valence electrons. The van der Waals surface area contributed by atoms with Gasteiger partial charge in [0, 0.05) is 23.5 Å². The Morgan fingerprint density at radius 2 is 2.08 bits per heavy atom. The Bertz CT molecular complexity index is 874. The maximum absolute atomic E-state index is 10.6. The summed E-state index contributed by atoms with van der Waals surface area (Å²) in [5.41, 5.74) is 4.06. The molecule has 3 rings (SSSR count). The SMILES string of the molecule is Cc1cc2c(cc1C#Cc1ccc(CC(=O)[O-])nn1)C(C)(C)CCO2. The number of aryl methyl sites for hydroxylation is 1. The van der Waals surface area contributed by atoms with Crippen LogP contribution < -0.4 is 9.84 Å². The molecule has 0 radical (unpaired) electrons. The third kappa shape index (κ3) is 3.80. The molecule has 2 heterocycles. The van der Waals surface area contributed by atoms with Gasteiger partial charge in [-0.05, 0) is 54.5 Å². The number of benzene rings is 1. The summed E-state index contributed by atoms with van der Waals surface area (Å²) in [7, 11) is 0. The van der Waals surface area contributed by atoms with Gasteiger partial charge in [0.25, 0.3) is 0 Å². The molecule has 5 heteroatoms. The van der Waals surface area contributed by atoms with Gasteiger partial charge in [-0.3, -0.25) is 0 Å². The molecule has 5 nitrogen and oxygen atoms in total. The van der Waals surface area contributed by atoms with Crippen LogP contribution in [0.3, 0.4) is 0 Å². The van der Waals surface area contributed by atoms with Gasteiger partial charge in [-0.2, -0.15) is 5.10 Å².